The molecule has 0 radical (unpaired) electrons. The summed E-state index contributed by atoms with van der Waals surface area (Å²) in [4.78, 5) is 2.14. The Hall–Kier alpha value is 0.970. The fourth-order valence-electron chi connectivity index (χ4n) is 0.671. The molecule has 0 fully saturated rings. The van der Waals surface area contributed by atoms with Crippen LogP contribution < -0.4 is 0 Å². The van der Waals surface area contributed by atoms with Gasteiger partial charge in [0.15, 0.2) is 0 Å². The van der Waals surface area contributed by atoms with Crippen LogP contribution in [0.3, 0.4) is 0 Å². The van der Waals surface area contributed by atoms with Crippen LogP contribution >= 0.6 is 32.4 Å². The summed E-state index contributed by atoms with van der Waals surface area (Å²) in [6, 6.07) is 0. The van der Waals surface area contributed by atoms with E-state index in [0.717, 1.165) is 6.54 Å². The van der Waals surface area contributed by atoms with Crippen molar-refractivity contribution >= 4 is 32.4 Å². The van der Waals surface area contributed by atoms with Gasteiger partial charge in [0.05, 0.1) is 5.38 Å². The summed E-state index contributed by atoms with van der Waals surface area (Å²) in [6.07, 6.45) is 0. The highest BCUT2D eigenvalue weighted by Crippen LogP contribution is 2.29. The third-order valence-electron chi connectivity index (χ3n) is 2.05. The Bertz CT molecular complexity index is 117. The molecular weight excluding hydrogens is 200 g/mol. The molecule has 0 amide bonds. The van der Waals surface area contributed by atoms with Gasteiger partial charge in [-0.05, 0) is 20.9 Å². The molecule has 11 heavy (non-hydrogen) atoms. The molecule has 68 valence electrons. The second-order valence-corrected chi connectivity index (χ2v) is 5.15. The van der Waals surface area contributed by atoms with Crippen molar-refractivity contribution in [1.82, 2.24) is 4.90 Å². The summed E-state index contributed by atoms with van der Waals surface area (Å²) >= 11 is 11.6. The van der Waals surface area contributed by atoms with E-state index in [1.807, 2.05) is 14.0 Å². The first-order chi connectivity index (χ1) is 4.92. The molecule has 0 aliphatic rings. The number of halogens is 2. The summed E-state index contributed by atoms with van der Waals surface area (Å²) in [6.45, 7) is 4.93. The molecule has 0 saturated carbocycles. The minimum absolute atomic E-state index is 0.0591. The Morgan fingerprint density at radius 1 is 1.64 bits per heavy atom. The molecular formula is C7H16Cl2NP. The van der Waals surface area contributed by atoms with Gasteiger partial charge in [-0.3, -0.25) is 4.90 Å². The van der Waals surface area contributed by atoms with Crippen molar-refractivity contribution in [1.29, 1.82) is 0 Å². The van der Waals surface area contributed by atoms with E-state index in [9.17, 15) is 0 Å². The summed E-state index contributed by atoms with van der Waals surface area (Å²) in [5.41, 5.74) is 0. The molecule has 0 heterocycles. The van der Waals surface area contributed by atoms with Gasteiger partial charge in [0, 0.05) is 17.7 Å². The SMILES string of the molecule is CC(Cl)C(C)(P)N(C)CCCl. The van der Waals surface area contributed by atoms with E-state index >= 15 is 0 Å². The molecule has 0 N–H and O–H groups in total. The van der Waals surface area contributed by atoms with Crippen molar-refractivity contribution in [3.05, 3.63) is 0 Å². The lowest BCUT2D eigenvalue weighted by atomic mass is 10.2. The van der Waals surface area contributed by atoms with Gasteiger partial charge in [0.25, 0.3) is 0 Å². The average molecular weight is 216 g/mol. The normalized spacial score (nSPS) is 19.9. The van der Waals surface area contributed by atoms with Gasteiger partial charge in [-0.1, -0.05) is 0 Å². The zero-order chi connectivity index (χ0) is 9.07. The average Bonchev–Trinajstić information content (AvgIpc) is 1.88. The maximum absolute atomic E-state index is 5.99. The molecule has 0 saturated heterocycles. The summed E-state index contributed by atoms with van der Waals surface area (Å²) in [5, 5.41) is 0.0388. The highest BCUT2D eigenvalue weighted by molar-refractivity contribution is 7.19. The van der Waals surface area contributed by atoms with E-state index in [0.29, 0.717) is 5.88 Å². The zero-order valence-electron chi connectivity index (χ0n) is 7.27. The minimum Gasteiger partial charge on any atom is -0.295 e. The van der Waals surface area contributed by atoms with E-state index < -0.39 is 0 Å². The first kappa shape index (κ1) is 12.0. The third kappa shape index (κ3) is 3.46. The molecule has 4 heteroatoms. The van der Waals surface area contributed by atoms with Gasteiger partial charge in [-0.15, -0.1) is 32.4 Å². The molecule has 1 nitrogen and oxygen atoms in total. The van der Waals surface area contributed by atoms with E-state index in [1.165, 1.54) is 0 Å². The Morgan fingerprint density at radius 3 is 2.36 bits per heavy atom. The lowest BCUT2D eigenvalue weighted by molar-refractivity contribution is 0.236. The molecule has 0 aliphatic carbocycles. The molecule has 0 aromatic carbocycles. The number of hydrogen-bond donors (Lipinski definition) is 0. The van der Waals surface area contributed by atoms with Crippen molar-refractivity contribution in [3.63, 3.8) is 0 Å². The molecule has 0 bridgehead atoms. The van der Waals surface area contributed by atoms with Crippen LogP contribution in [0.15, 0.2) is 0 Å². The van der Waals surface area contributed by atoms with E-state index in [2.05, 4.69) is 21.1 Å². The molecule has 0 aromatic heterocycles. The zero-order valence-corrected chi connectivity index (χ0v) is 9.94. The Balaban J connectivity index is 4.05. The fourth-order valence-corrected chi connectivity index (χ4v) is 1.22. The first-order valence-electron chi connectivity index (χ1n) is 3.63. The van der Waals surface area contributed by atoms with Crippen LogP contribution in [0.1, 0.15) is 13.8 Å². The lowest BCUT2D eigenvalue weighted by Crippen LogP contribution is -2.45. The first-order valence-corrected chi connectivity index (χ1v) is 5.18. The maximum Gasteiger partial charge on any atom is 0.0523 e. The van der Waals surface area contributed by atoms with Crippen molar-refractivity contribution in [3.8, 4) is 0 Å². The standard InChI is InChI=1S/C7H16Cl2NP/c1-6(9)7(2,11)10(3)5-4-8/h6H,4-5,11H2,1-3H3. The van der Waals surface area contributed by atoms with E-state index in [1.54, 1.807) is 0 Å². The molecule has 0 aromatic rings. The summed E-state index contributed by atoms with van der Waals surface area (Å²) in [5.74, 6) is 0.643. The fraction of sp³-hybridized carbons (Fsp3) is 1.00. The molecule has 0 rings (SSSR count). The Labute approximate surface area is 81.6 Å². The maximum atomic E-state index is 5.99. The second-order valence-electron chi connectivity index (χ2n) is 2.95. The topological polar surface area (TPSA) is 3.24 Å². The van der Waals surface area contributed by atoms with Crippen molar-refractivity contribution in [2.24, 2.45) is 0 Å². The van der Waals surface area contributed by atoms with Gasteiger partial charge < -0.3 is 0 Å². The van der Waals surface area contributed by atoms with Crippen LogP contribution in [0.5, 0.6) is 0 Å². The molecule has 3 atom stereocenters. The van der Waals surface area contributed by atoms with Crippen LogP contribution in [0, 0.1) is 0 Å². The van der Waals surface area contributed by atoms with Crippen molar-refractivity contribution < 1.29 is 0 Å². The van der Waals surface area contributed by atoms with Gasteiger partial charge in [-0.2, -0.15) is 0 Å². The quantitative estimate of drug-likeness (QED) is 0.515. The Kier molecular flexibility index (Phi) is 5.29. The van der Waals surface area contributed by atoms with E-state index in [4.69, 9.17) is 23.2 Å². The van der Waals surface area contributed by atoms with Crippen LogP contribution in [-0.2, 0) is 0 Å². The van der Waals surface area contributed by atoms with Crippen LogP contribution in [0.4, 0.5) is 0 Å². The predicted octanol–water partition coefficient (Wildman–Crippen LogP) is 2.38. The lowest BCUT2D eigenvalue weighted by Gasteiger charge is -2.37. The number of alkyl halides is 2. The number of hydrogen-bond acceptors (Lipinski definition) is 1. The van der Waals surface area contributed by atoms with Crippen molar-refractivity contribution in [2.45, 2.75) is 24.5 Å². The van der Waals surface area contributed by atoms with Crippen LogP contribution in [-0.4, -0.2) is 35.0 Å². The van der Waals surface area contributed by atoms with Gasteiger partial charge in [0.1, 0.15) is 0 Å². The summed E-state index contributed by atoms with van der Waals surface area (Å²) in [7, 11) is 4.78. The van der Waals surface area contributed by atoms with Crippen molar-refractivity contribution in [2.75, 3.05) is 19.5 Å². The second kappa shape index (κ2) is 4.87. The van der Waals surface area contributed by atoms with E-state index in [-0.39, 0.29) is 10.7 Å². The Morgan fingerprint density at radius 2 is 2.09 bits per heavy atom. The van der Waals surface area contributed by atoms with Gasteiger partial charge >= 0.3 is 0 Å². The molecule has 0 aliphatic heterocycles. The number of rotatable bonds is 4. The monoisotopic (exact) mass is 215 g/mol. The smallest absolute Gasteiger partial charge is 0.0523 e. The molecule has 0 spiro atoms. The highest BCUT2D eigenvalue weighted by atomic mass is 35.5. The van der Waals surface area contributed by atoms with Gasteiger partial charge in [-0.25, -0.2) is 0 Å². The number of nitrogens with zero attached hydrogens (tertiary/aromatic N) is 1. The summed E-state index contributed by atoms with van der Waals surface area (Å²) < 4.78 is 0. The minimum atomic E-state index is -0.0591. The van der Waals surface area contributed by atoms with Crippen LogP contribution in [0.2, 0.25) is 0 Å². The molecule has 3 unspecified atom stereocenters. The third-order valence-corrected chi connectivity index (χ3v) is 3.81. The highest BCUT2D eigenvalue weighted by Gasteiger charge is 2.28. The van der Waals surface area contributed by atoms with Gasteiger partial charge in [0.2, 0.25) is 0 Å². The predicted molar refractivity (Wildman–Crippen MR) is 56.8 cm³/mol. The van der Waals surface area contributed by atoms with Crippen LogP contribution in [0.25, 0.3) is 0 Å². The largest absolute Gasteiger partial charge is 0.295 e.